The summed E-state index contributed by atoms with van der Waals surface area (Å²) in [5, 5.41) is 5.36. The molecule has 2 aromatic heterocycles. The SMILES string of the molecule is CCNc1ncc(Br)c(N2CCc3sccc3C2C)n1. The molecule has 0 spiro atoms. The Hall–Kier alpha value is -1.14. The number of anilines is 2. The van der Waals surface area contributed by atoms with Crippen LogP contribution in [0.1, 0.15) is 30.3 Å². The normalized spacial score (nSPS) is 17.9. The third-order valence-corrected chi connectivity index (χ3v) is 5.17. The van der Waals surface area contributed by atoms with E-state index in [4.69, 9.17) is 0 Å². The van der Waals surface area contributed by atoms with Gasteiger partial charge in [0.2, 0.25) is 5.95 Å². The van der Waals surface area contributed by atoms with Crippen molar-refractivity contribution in [3.63, 3.8) is 0 Å². The summed E-state index contributed by atoms with van der Waals surface area (Å²) < 4.78 is 0.949. The van der Waals surface area contributed by atoms with Crippen molar-refractivity contribution >= 4 is 39.0 Å². The fourth-order valence-corrected chi connectivity index (χ4v) is 3.98. The molecule has 4 nitrogen and oxygen atoms in total. The first-order valence-electron chi connectivity index (χ1n) is 6.80. The minimum absolute atomic E-state index is 0.352. The van der Waals surface area contributed by atoms with Crippen LogP contribution in [-0.2, 0) is 6.42 Å². The Morgan fingerprint density at radius 2 is 2.40 bits per heavy atom. The first kappa shape index (κ1) is 13.8. The van der Waals surface area contributed by atoms with E-state index in [1.54, 1.807) is 0 Å². The summed E-state index contributed by atoms with van der Waals surface area (Å²) in [6, 6.07) is 2.59. The molecule has 1 atom stereocenters. The van der Waals surface area contributed by atoms with Gasteiger partial charge in [0.25, 0.3) is 0 Å². The number of nitrogens with zero attached hydrogens (tertiary/aromatic N) is 3. The van der Waals surface area contributed by atoms with Crippen LogP contribution < -0.4 is 10.2 Å². The molecule has 0 radical (unpaired) electrons. The summed E-state index contributed by atoms with van der Waals surface area (Å²) in [5.41, 5.74) is 1.43. The summed E-state index contributed by atoms with van der Waals surface area (Å²) in [4.78, 5) is 12.8. The van der Waals surface area contributed by atoms with Crippen molar-refractivity contribution in [3.8, 4) is 0 Å². The first-order chi connectivity index (χ1) is 9.70. The molecule has 6 heteroatoms. The van der Waals surface area contributed by atoms with E-state index in [1.807, 2.05) is 24.5 Å². The fourth-order valence-electron chi connectivity index (χ4n) is 2.60. The molecule has 106 valence electrons. The van der Waals surface area contributed by atoms with Gasteiger partial charge in [-0.15, -0.1) is 11.3 Å². The quantitative estimate of drug-likeness (QED) is 0.910. The smallest absolute Gasteiger partial charge is 0.224 e. The lowest BCUT2D eigenvalue weighted by molar-refractivity contribution is 0.623. The topological polar surface area (TPSA) is 41.1 Å². The molecule has 2 aromatic rings. The third kappa shape index (κ3) is 2.42. The molecule has 0 fully saturated rings. The van der Waals surface area contributed by atoms with Gasteiger partial charge in [-0.1, -0.05) is 0 Å². The van der Waals surface area contributed by atoms with Crippen LogP contribution in [0.5, 0.6) is 0 Å². The highest BCUT2D eigenvalue weighted by Gasteiger charge is 2.27. The summed E-state index contributed by atoms with van der Waals surface area (Å²) in [7, 11) is 0. The van der Waals surface area contributed by atoms with E-state index in [0.29, 0.717) is 12.0 Å². The van der Waals surface area contributed by atoms with Gasteiger partial charge < -0.3 is 10.2 Å². The van der Waals surface area contributed by atoms with Crippen LogP contribution in [-0.4, -0.2) is 23.1 Å². The van der Waals surface area contributed by atoms with Crippen molar-refractivity contribution in [2.75, 3.05) is 23.3 Å². The predicted molar refractivity (Wildman–Crippen MR) is 87.7 cm³/mol. The molecular formula is C14H17BrN4S. The van der Waals surface area contributed by atoms with E-state index >= 15 is 0 Å². The number of fused-ring (bicyclic) bond motifs is 1. The molecule has 0 aromatic carbocycles. The Kier molecular flexibility index (Phi) is 3.94. The zero-order chi connectivity index (χ0) is 14.1. The van der Waals surface area contributed by atoms with Crippen LogP contribution in [0.15, 0.2) is 22.1 Å². The van der Waals surface area contributed by atoms with Crippen LogP contribution in [0.3, 0.4) is 0 Å². The molecule has 0 bridgehead atoms. The highest BCUT2D eigenvalue weighted by molar-refractivity contribution is 9.10. The maximum absolute atomic E-state index is 4.65. The monoisotopic (exact) mass is 352 g/mol. The average Bonchev–Trinajstić information content (AvgIpc) is 2.91. The van der Waals surface area contributed by atoms with E-state index in [1.165, 1.54) is 10.4 Å². The molecular weight excluding hydrogens is 336 g/mol. The largest absolute Gasteiger partial charge is 0.354 e. The number of aromatic nitrogens is 2. The molecule has 3 rings (SSSR count). The molecule has 20 heavy (non-hydrogen) atoms. The number of thiophene rings is 1. The van der Waals surface area contributed by atoms with Gasteiger partial charge in [0.05, 0.1) is 10.5 Å². The lowest BCUT2D eigenvalue weighted by Gasteiger charge is -2.35. The summed E-state index contributed by atoms with van der Waals surface area (Å²) in [6.07, 6.45) is 2.92. The number of hydrogen-bond acceptors (Lipinski definition) is 5. The summed E-state index contributed by atoms with van der Waals surface area (Å²) in [5.74, 6) is 1.66. The van der Waals surface area contributed by atoms with Crippen molar-refractivity contribution in [2.24, 2.45) is 0 Å². The minimum Gasteiger partial charge on any atom is -0.354 e. The zero-order valence-corrected chi connectivity index (χ0v) is 14.0. The van der Waals surface area contributed by atoms with Gasteiger partial charge in [0, 0.05) is 24.2 Å². The summed E-state index contributed by atoms with van der Waals surface area (Å²) >= 11 is 5.44. The van der Waals surface area contributed by atoms with Crippen LogP contribution in [0.25, 0.3) is 0 Å². The van der Waals surface area contributed by atoms with Crippen LogP contribution in [0, 0.1) is 0 Å². The molecule has 0 aliphatic carbocycles. The van der Waals surface area contributed by atoms with Crippen molar-refractivity contribution in [2.45, 2.75) is 26.3 Å². The molecule has 0 amide bonds. The predicted octanol–water partition coefficient (Wildman–Crippen LogP) is 3.86. The van der Waals surface area contributed by atoms with Crippen molar-refractivity contribution in [1.29, 1.82) is 0 Å². The molecule has 3 heterocycles. The number of halogens is 1. The van der Waals surface area contributed by atoms with E-state index < -0.39 is 0 Å². The Morgan fingerprint density at radius 1 is 1.55 bits per heavy atom. The number of rotatable bonds is 3. The van der Waals surface area contributed by atoms with Gasteiger partial charge in [-0.05, 0) is 53.2 Å². The minimum atomic E-state index is 0.352. The average molecular weight is 353 g/mol. The Labute approximate surface area is 131 Å². The highest BCUT2D eigenvalue weighted by atomic mass is 79.9. The molecule has 1 unspecified atom stereocenters. The second-order valence-corrected chi connectivity index (χ2v) is 6.67. The molecule has 1 aliphatic rings. The van der Waals surface area contributed by atoms with Gasteiger partial charge in [0.15, 0.2) is 0 Å². The van der Waals surface area contributed by atoms with E-state index in [-0.39, 0.29) is 0 Å². The van der Waals surface area contributed by atoms with Crippen LogP contribution in [0.2, 0.25) is 0 Å². The van der Waals surface area contributed by atoms with Crippen molar-refractivity contribution < 1.29 is 0 Å². The van der Waals surface area contributed by atoms with Gasteiger partial charge in [-0.2, -0.15) is 4.98 Å². The van der Waals surface area contributed by atoms with Crippen molar-refractivity contribution in [1.82, 2.24) is 9.97 Å². The lowest BCUT2D eigenvalue weighted by atomic mass is 10.0. The zero-order valence-electron chi connectivity index (χ0n) is 11.6. The molecule has 0 saturated carbocycles. The Balaban J connectivity index is 1.95. The van der Waals surface area contributed by atoms with E-state index in [2.05, 4.69) is 54.5 Å². The Bertz CT molecular complexity index is 613. The van der Waals surface area contributed by atoms with Crippen molar-refractivity contribution in [3.05, 3.63) is 32.6 Å². The maximum Gasteiger partial charge on any atom is 0.224 e. The summed E-state index contributed by atoms with van der Waals surface area (Å²) in [6.45, 7) is 6.11. The third-order valence-electron chi connectivity index (χ3n) is 3.61. The van der Waals surface area contributed by atoms with Gasteiger partial charge in [0.1, 0.15) is 5.82 Å². The van der Waals surface area contributed by atoms with Gasteiger partial charge in [-0.25, -0.2) is 4.98 Å². The molecule has 1 N–H and O–H groups in total. The van der Waals surface area contributed by atoms with E-state index in [0.717, 1.165) is 29.8 Å². The van der Waals surface area contributed by atoms with Crippen LogP contribution >= 0.6 is 27.3 Å². The van der Waals surface area contributed by atoms with Gasteiger partial charge in [-0.3, -0.25) is 0 Å². The first-order valence-corrected chi connectivity index (χ1v) is 8.47. The number of nitrogens with one attached hydrogen (secondary N) is 1. The van der Waals surface area contributed by atoms with Crippen LogP contribution in [0.4, 0.5) is 11.8 Å². The highest BCUT2D eigenvalue weighted by Crippen LogP contribution is 2.37. The number of hydrogen-bond donors (Lipinski definition) is 1. The maximum atomic E-state index is 4.65. The molecule has 0 saturated heterocycles. The lowest BCUT2D eigenvalue weighted by Crippen LogP contribution is -2.34. The standard InChI is InChI=1S/C14H17BrN4S/c1-3-16-14-17-8-11(15)13(18-14)19-6-4-12-10(9(19)2)5-7-20-12/h5,7-9H,3-4,6H2,1-2H3,(H,16,17,18). The molecule has 1 aliphatic heterocycles. The van der Waals surface area contributed by atoms with Gasteiger partial charge >= 0.3 is 0 Å². The second kappa shape index (κ2) is 5.69. The fraction of sp³-hybridized carbons (Fsp3) is 0.429. The second-order valence-electron chi connectivity index (χ2n) is 4.81. The Morgan fingerprint density at radius 3 is 3.20 bits per heavy atom. The van der Waals surface area contributed by atoms with E-state index in [9.17, 15) is 0 Å².